The van der Waals surface area contributed by atoms with E-state index in [4.69, 9.17) is 11.6 Å². The maximum absolute atomic E-state index is 11.4. The Labute approximate surface area is 88.7 Å². The molecule has 0 fully saturated rings. The molecule has 0 saturated heterocycles. The van der Waals surface area contributed by atoms with Crippen molar-refractivity contribution in [3.8, 4) is 0 Å². The van der Waals surface area contributed by atoms with Crippen LogP contribution in [0.1, 0.15) is 5.69 Å². The summed E-state index contributed by atoms with van der Waals surface area (Å²) in [4.78, 5) is 11.4. The molecule has 2 rings (SSSR count). The highest BCUT2D eigenvalue weighted by molar-refractivity contribution is 7.10. The van der Waals surface area contributed by atoms with Crippen molar-refractivity contribution in [2.75, 3.05) is 0 Å². The highest BCUT2D eigenvalue weighted by Crippen LogP contribution is 2.17. The van der Waals surface area contributed by atoms with Gasteiger partial charge in [-0.3, -0.25) is 4.57 Å². The van der Waals surface area contributed by atoms with E-state index in [1.807, 2.05) is 0 Å². The van der Waals surface area contributed by atoms with E-state index in [2.05, 4.69) is 9.59 Å². The fourth-order valence-electron chi connectivity index (χ4n) is 1.08. The average molecular weight is 231 g/mol. The van der Waals surface area contributed by atoms with E-state index in [0.717, 1.165) is 11.5 Å². The average Bonchev–Trinajstić information content (AvgIpc) is 2.68. The van der Waals surface area contributed by atoms with Crippen LogP contribution in [0.5, 0.6) is 0 Å². The lowest BCUT2D eigenvalue weighted by Crippen LogP contribution is -2.22. The van der Waals surface area contributed by atoms with Crippen molar-refractivity contribution >= 4 is 23.1 Å². The summed E-state index contributed by atoms with van der Waals surface area (Å²) < 4.78 is 7.24. The Balaban J connectivity index is 2.32. The molecule has 0 N–H and O–H groups in total. The van der Waals surface area contributed by atoms with E-state index >= 15 is 0 Å². The first kappa shape index (κ1) is 9.42. The van der Waals surface area contributed by atoms with Crippen LogP contribution in [-0.4, -0.2) is 18.7 Å². The van der Waals surface area contributed by atoms with Gasteiger partial charge in [0.2, 0.25) is 0 Å². The molecule has 0 saturated carbocycles. The third kappa shape index (κ3) is 1.58. The molecule has 0 aliphatic carbocycles. The largest absolute Gasteiger partial charge is 0.328 e. The van der Waals surface area contributed by atoms with E-state index in [0.29, 0.717) is 16.6 Å². The zero-order chi connectivity index (χ0) is 10.1. The van der Waals surface area contributed by atoms with E-state index in [1.165, 1.54) is 9.13 Å². The normalized spacial score (nSPS) is 10.7. The number of rotatable bonds is 2. The lowest BCUT2D eigenvalue weighted by Gasteiger charge is -1.96. The maximum Gasteiger partial charge on any atom is 0.328 e. The topological polar surface area (TPSA) is 52.7 Å². The zero-order valence-corrected chi connectivity index (χ0v) is 8.92. The Morgan fingerprint density at radius 1 is 1.57 bits per heavy atom. The van der Waals surface area contributed by atoms with Crippen molar-refractivity contribution in [2.24, 2.45) is 7.05 Å². The third-order valence-corrected chi connectivity index (χ3v) is 2.83. The summed E-state index contributed by atoms with van der Waals surface area (Å²) in [7, 11) is 1.69. The molecule has 0 bridgehead atoms. The number of aromatic nitrogens is 4. The van der Waals surface area contributed by atoms with Gasteiger partial charge in [0.1, 0.15) is 10.0 Å². The van der Waals surface area contributed by atoms with Gasteiger partial charge >= 0.3 is 5.69 Å². The maximum atomic E-state index is 11.4. The number of hydrogen-bond donors (Lipinski definition) is 0. The van der Waals surface area contributed by atoms with Gasteiger partial charge in [-0.1, -0.05) is 16.1 Å². The van der Waals surface area contributed by atoms with E-state index in [1.54, 1.807) is 19.4 Å². The molecule has 7 heteroatoms. The molecule has 14 heavy (non-hydrogen) atoms. The molecule has 0 amide bonds. The lowest BCUT2D eigenvalue weighted by atomic mass is 10.5. The van der Waals surface area contributed by atoms with Gasteiger partial charge in [-0.05, 0) is 0 Å². The quantitative estimate of drug-likeness (QED) is 0.765. The molecule has 2 aromatic heterocycles. The summed E-state index contributed by atoms with van der Waals surface area (Å²) in [5.74, 6) is 0. The van der Waals surface area contributed by atoms with Gasteiger partial charge in [-0.2, -0.15) is 0 Å². The standard InChI is InChI=1S/C7H7ClN4OS/c1-11-2-3-12(7(11)13)4-5-6(8)14-10-9-5/h2-3H,4H2,1H3. The molecular formula is C7H7ClN4OS. The van der Waals surface area contributed by atoms with Crippen molar-refractivity contribution in [1.29, 1.82) is 0 Å². The fourth-order valence-corrected chi connectivity index (χ4v) is 1.70. The van der Waals surface area contributed by atoms with Crippen LogP contribution in [0.4, 0.5) is 0 Å². The van der Waals surface area contributed by atoms with Crippen LogP contribution >= 0.6 is 23.1 Å². The number of aryl methyl sites for hydroxylation is 1. The van der Waals surface area contributed by atoms with Gasteiger partial charge in [-0.15, -0.1) is 5.10 Å². The Morgan fingerprint density at radius 2 is 2.36 bits per heavy atom. The number of nitrogens with zero attached hydrogens (tertiary/aromatic N) is 4. The molecule has 2 aromatic rings. The second kappa shape index (κ2) is 3.55. The molecule has 0 radical (unpaired) electrons. The highest BCUT2D eigenvalue weighted by atomic mass is 35.5. The molecule has 0 unspecified atom stereocenters. The van der Waals surface area contributed by atoms with Crippen LogP contribution in [0, 0.1) is 0 Å². The highest BCUT2D eigenvalue weighted by Gasteiger charge is 2.07. The first-order valence-electron chi connectivity index (χ1n) is 3.87. The van der Waals surface area contributed by atoms with Gasteiger partial charge in [0.05, 0.1) is 6.54 Å². The van der Waals surface area contributed by atoms with Crippen molar-refractivity contribution < 1.29 is 0 Å². The van der Waals surface area contributed by atoms with Crippen molar-refractivity contribution in [3.05, 3.63) is 32.9 Å². The fraction of sp³-hybridized carbons (Fsp3) is 0.286. The first-order chi connectivity index (χ1) is 6.68. The minimum absolute atomic E-state index is 0.0888. The number of hydrogen-bond acceptors (Lipinski definition) is 4. The van der Waals surface area contributed by atoms with Crippen LogP contribution in [0.3, 0.4) is 0 Å². The first-order valence-corrected chi connectivity index (χ1v) is 5.02. The molecule has 0 atom stereocenters. The number of halogens is 1. The van der Waals surface area contributed by atoms with Crippen LogP contribution in [0.2, 0.25) is 4.34 Å². The molecule has 0 aliphatic heterocycles. The Hall–Kier alpha value is -1.14. The molecule has 0 aliphatic rings. The van der Waals surface area contributed by atoms with Gasteiger partial charge in [0.25, 0.3) is 0 Å². The molecular weight excluding hydrogens is 224 g/mol. The summed E-state index contributed by atoms with van der Waals surface area (Å²) in [6, 6.07) is 0. The zero-order valence-electron chi connectivity index (χ0n) is 7.35. The van der Waals surface area contributed by atoms with Gasteiger partial charge in [-0.25, -0.2) is 4.79 Å². The molecule has 2 heterocycles. The van der Waals surface area contributed by atoms with Crippen molar-refractivity contribution in [1.82, 2.24) is 18.7 Å². The second-order valence-corrected chi connectivity index (χ2v) is 4.17. The Kier molecular flexibility index (Phi) is 2.39. The minimum Gasteiger partial charge on any atom is -0.302 e. The molecule has 0 spiro atoms. The predicted molar refractivity (Wildman–Crippen MR) is 53.7 cm³/mol. The second-order valence-electron chi connectivity index (χ2n) is 2.81. The monoisotopic (exact) mass is 230 g/mol. The van der Waals surface area contributed by atoms with Gasteiger partial charge < -0.3 is 4.57 Å². The van der Waals surface area contributed by atoms with Crippen molar-refractivity contribution in [3.63, 3.8) is 0 Å². The smallest absolute Gasteiger partial charge is 0.302 e. The van der Waals surface area contributed by atoms with Crippen LogP contribution < -0.4 is 5.69 Å². The van der Waals surface area contributed by atoms with Crippen molar-refractivity contribution in [2.45, 2.75) is 6.54 Å². The SMILES string of the molecule is Cn1ccn(Cc2nnsc2Cl)c1=O. The lowest BCUT2D eigenvalue weighted by molar-refractivity contribution is 0.702. The number of imidazole rings is 1. The van der Waals surface area contributed by atoms with E-state index in [9.17, 15) is 4.79 Å². The summed E-state index contributed by atoms with van der Waals surface area (Å²) in [6.45, 7) is 0.370. The third-order valence-electron chi connectivity index (χ3n) is 1.85. The van der Waals surface area contributed by atoms with Crippen LogP contribution in [-0.2, 0) is 13.6 Å². The van der Waals surface area contributed by atoms with E-state index < -0.39 is 0 Å². The van der Waals surface area contributed by atoms with Crippen LogP contribution in [0.15, 0.2) is 17.2 Å². The minimum atomic E-state index is -0.0888. The van der Waals surface area contributed by atoms with E-state index in [-0.39, 0.29) is 5.69 Å². The summed E-state index contributed by atoms with van der Waals surface area (Å²) in [5.41, 5.74) is 0.541. The Bertz CT molecular complexity index is 500. The summed E-state index contributed by atoms with van der Waals surface area (Å²) >= 11 is 6.94. The summed E-state index contributed by atoms with van der Waals surface area (Å²) in [5, 5.41) is 3.83. The van der Waals surface area contributed by atoms with Gasteiger partial charge in [0.15, 0.2) is 0 Å². The van der Waals surface area contributed by atoms with Crippen LogP contribution in [0.25, 0.3) is 0 Å². The van der Waals surface area contributed by atoms with Gasteiger partial charge in [0, 0.05) is 31.0 Å². The molecule has 5 nitrogen and oxygen atoms in total. The molecule has 74 valence electrons. The predicted octanol–water partition coefficient (Wildman–Crippen LogP) is 0.740. The Morgan fingerprint density at radius 3 is 2.86 bits per heavy atom. The summed E-state index contributed by atoms with van der Waals surface area (Å²) in [6.07, 6.45) is 3.38. The molecule has 0 aromatic carbocycles.